The van der Waals surface area contributed by atoms with E-state index in [-0.39, 0.29) is 21.2 Å². The minimum absolute atomic E-state index is 0.0216. The molecule has 30 heavy (non-hydrogen) atoms. The molecule has 0 aliphatic heterocycles. The highest BCUT2D eigenvalue weighted by Crippen LogP contribution is 2.24. The van der Waals surface area contributed by atoms with Crippen molar-refractivity contribution in [2.24, 2.45) is 0 Å². The first-order valence-electron chi connectivity index (χ1n) is 8.67. The molecule has 0 bridgehead atoms. The Bertz CT molecular complexity index is 1190. The second-order valence-electron chi connectivity index (χ2n) is 6.14. The average molecular weight is 445 g/mol. The Morgan fingerprint density at radius 1 is 0.900 bits per heavy atom. The molecule has 0 aromatic heterocycles. The van der Waals surface area contributed by atoms with Crippen LogP contribution in [0.1, 0.15) is 20.7 Å². The molecule has 0 saturated heterocycles. The van der Waals surface area contributed by atoms with Crippen molar-refractivity contribution in [3.8, 4) is 0 Å². The number of sulfonamides is 1. The fourth-order valence-electron chi connectivity index (χ4n) is 2.58. The van der Waals surface area contributed by atoms with Crippen LogP contribution in [-0.4, -0.2) is 27.4 Å². The third-order valence-electron chi connectivity index (χ3n) is 4.09. The topological polar surface area (TPSA) is 102 Å². The first-order chi connectivity index (χ1) is 14.3. The summed E-state index contributed by atoms with van der Waals surface area (Å²) < 4.78 is 32.1. The third-order valence-corrected chi connectivity index (χ3v) is 5.80. The summed E-state index contributed by atoms with van der Waals surface area (Å²) in [5.41, 5.74) is 1.20. The number of nitrogens with one attached hydrogen (secondary N) is 2. The molecule has 2 N–H and O–H groups in total. The molecule has 0 atom stereocenters. The van der Waals surface area contributed by atoms with Crippen LogP contribution in [-0.2, 0) is 14.8 Å². The molecule has 0 fully saturated rings. The Labute approximate surface area is 178 Å². The van der Waals surface area contributed by atoms with Crippen LogP contribution in [0.5, 0.6) is 0 Å². The van der Waals surface area contributed by atoms with Gasteiger partial charge in [-0.1, -0.05) is 29.8 Å². The minimum atomic E-state index is -3.87. The molecule has 7 nitrogen and oxygen atoms in total. The van der Waals surface area contributed by atoms with E-state index in [1.807, 2.05) is 0 Å². The predicted molar refractivity (Wildman–Crippen MR) is 114 cm³/mol. The van der Waals surface area contributed by atoms with Crippen LogP contribution in [0.2, 0.25) is 5.02 Å². The maximum Gasteiger partial charge on any atom is 0.337 e. The molecule has 154 valence electrons. The van der Waals surface area contributed by atoms with Gasteiger partial charge in [0, 0.05) is 11.3 Å². The van der Waals surface area contributed by atoms with Crippen molar-refractivity contribution < 1.29 is 22.7 Å². The largest absolute Gasteiger partial charge is 0.465 e. The molecule has 0 aliphatic rings. The minimum Gasteiger partial charge on any atom is -0.465 e. The van der Waals surface area contributed by atoms with E-state index in [1.54, 1.807) is 42.5 Å². The lowest BCUT2D eigenvalue weighted by atomic mass is 10.1. The lowest BCUT2D eigenvalue weighted by Gasteiger charge is -2.10. The monoisotopic (exact) mass is 444 g/mol. The Morgan fingerprint density at radius 3 is 2.27 bits per heavy atom. The normalized spacial score (nSPS) is 10.9. The summed E-state index contributed by atoms with van der Waals surface area (Å²) in [6.07, 6.45) is 0. The molecule has 1 amide bonds. The number of ether oxygens (including phenoxy) is 1. The summed E-state index contributed by atoms with van der Waals surface area (Å²) in [6.45, 7) is 0. The summed E-state index contributed by atoms with van der Waals surface area (Å²) in [4.78, 5) is 24.0. The van der Waals surface area contributed by atoms with Crippen molar-refractivity contribution in [2.45, 2.75) is 4.90 Å². The van der Waals surface area contributed by atoms with E-state index in [0.717, 1.165) is 0 Å². The quantitative estimate of drug-likeness (QED) is 0.555. The summed E-state index contributed by atoms with van der Waals surface area (Å²) in [5.74, 6) is -0.980. The molecule has 3 aromatic carbocycles. The first-order valence-corrected chi connectivity index (χ1v) is 10.5. The number of rotatable bonds is 6. The summed E-state index contributed by atoms with van der Waals surface area (Å²) in [6, 6.07) is 18.2. The number of para-hydroxylation sites is 1. The maximum atomic E-state index is 12.5. The molecular weight excluding hydrogens is 428 g/mol. The van der Waals surface area contributed by atoms with Crippen molar-refractivity contribution in [3.63, 3.8) is 0 Å². The Balaban J connectivity index is 1.74. The zero-order valence-corrected chi connectivity index (χ0v) is 17.3. The van der Waals surface area contributed by atoms with E-state index in [2.05, 4.69) is 14.8 Å². The number of carbonyl (C=O) groups excluding carboxylic acids is 2. The van der Waals surface area contributed by atoms with Crippen LogP contribution in [0.15, 0.2) is 77.7 Å². The number of amides is 1. The van der Waals surface area contributed by atoms with Gasteiger partial charge in [-0.15, -0.1) is 0 Å². The van der Waals surface area contributed by atoms with Crippen LogP contribution >= 0.6 is 11.6 Å². The highest BCUT2D eigenvalue weighted by Gasteiger charge is 2.17. The Kier molecular flexibility index (Phi) is 6.39. The third kappa shape index (κ3) is 4.97. The van der Waals surface area contributed by atoms with E-state index >= 15 is 0 Å². The van der Waals surface area contributed by atoms with Gasteiger partial charge in [0.25, 0.3) is 15.9 Å². The molecule has 0 unspecified atom stereocenters. The number of halogens is 1. The van der Waals surface area contributed by atoms with Crippen molar-refractivity contribution in [1.82, 2.24) is 0 Å². The van der Waals surface area contributed by atoms with Gasteiger partial charge in [-0.05, 0) is 54.6 Å². The fourth-order valence-corrected chi connectivity index (χ4v) is 3.90. The second-order valence-corrected chi connectivity index (χ2v) is 8.23. The number of anilines is 2. The van der Waals surface area contributed by atoms with Crippen LogP contribution in [0.3, 0.4) is 0 Å². The molecule has 0 heterocycles. The smallest absolute Gasteiger partial charge is 0.337 e. The number of hydrogen-bond donors (Lipinski definition) is 2. The van der Waals surface area contributed by atoms with E-state index in [0.29, 0.717) is 11.3 Å². The van der Waals surface area contributed by atoms with Gasteiger partial charge in [0.1, 0.15) is 0 Å². The van der Waals surface area contributed by atoms with Crippen LogP contribution in [0.25, 0.3) is 0 Å². The van der Waals surface area contributed by atoms with E-state index in [4.69, 9.17) is 11.6 Å². The highest BCUT2D eigenvalue weighted by molar-refractivity contribution is 7.92. The molecule has 0 spiro atoms. The number of hydrogen-bond acceptors (Lipinski definition) is 5. The molecule has 3 aromatic rings. The van der Waals surface area contributed by atoms with Gasteiger partial charge < -0.3 is 10.1 Å². The van der Waals surface area contributed by atoms with Crippen LogP contribution in [0, 0.1) is 0 Å². The fraction of sp³-hybridized carbons (Fsp3) is 0.0476. The van der Waals surface area contributed by atoms with Gasteiger partial charge >= 0.3 is 5.97 Å². The molecule has 0 aliphatic carbocycles. The zero-order valence-electron chi connectivity index (χ0n) is 15.8. The summed E-state index contributed by atoms with van der Waals surface area (Å²) in [5, 5.41) is 2.92. The predicted octanol–water partition coefficient (Wildman–Crippen LogP) is 4.18. The van der Waals surface area contributed by atoms with Crippen molar-refractivity contribution in [2.75, 3.05) is 17.1 Å². The molecule has 3 rings (SSSR count). The zero-order chi connectivity index (χ0) is 21.7. The highest BCUT2D eigenvalue weighted by atomic mass is 35.5. The van der Waals surface area contributed by atoms with Gasteiger partial charge in [0.15, 0.2) is 0 Å². The molecular formula is C21H17ClN2O5S. The van der Waals surface area contributed by atoms with Crippen LogP contribution < -0.4 is 10.0 Å². The van der Waals surface area contributed by atoms with E-state index < -0.39 is 21.9 Å². The standard InChI is InChI=1S/C21H17ClN2O5S/c1-29-21(26)15-5-4-6-16(13-15)23-20(25)14-9-11-17(12-10-14)30(27,28)24-19-8-3-2-7-18(19)22/h2-13,24H,1H3,(H,23,25). The maximum absolute atomic E-state index is 12.5. The Morgan fingerprint density at radius 2 is 1.60 bits per heavy atom. The number of methoxy groups -OCH3 is 1. The first kappa shape index (κ1) is 21.4. The number of carbonyl (C=O) groups is 2. The van der Waals surface area contributed by atoms with Gasteiger partial charge in [-0.2, -0.15) is 0 Å². The number of benzene rings is 3. The number of esters is 1. The SMILES string of the molecule is COC(=O)c1cccc(NC(=O)c2ccc(S(=O)(=O)Nc3ccccc3Cl)cc2)c1. The lowest BCUT2D eigenvalue weighted by molar-refractivity contribution is 0.0600. The van der Waals surface area contributed by atoms with Gasteiger partial charge in [-0.3, -0.25) is 9.52 Å². The van der Waals surface area contributed by atoms with Gasteiger partial charge in [0.2, 0.25) is 0 Å². The molecule has 9 heteroatoms. The lowest BCUT2D eigenvalue weighted by Crippen LogP contribution is -2.15. The summed E-state index contributed by atoms with van der Waals surface area (Å²) in [7, 11) is -2.61. The Hall–Kier alpha value is -3.36. The average Bonchev–Trinajstić information content (AvgIpc) is 2.75. The van der Waals surface area contributed by atoms with Gasteiger partial charge in [0.05, 0.1) is 28.3 Å². The van der Waals surface area contributed by atoms with E-state index in [9.17, 15) is 18.0 Å². The second kappa shape index (κ2) is 8.98. The van der Waals surface area contributed by atoms with Gasteiger partial charge in [-0.25, -0.2) is 13.2 Å². The summed E-state index contributed by atoms with van der Waals surface area (Å²) >= 11 is 5.99. The van der Waals surface area contributed by atoms with E-state index in [1.165, 1.54) is 37.4 Å². The molecule has 0 saturated carbocycles. The van der Waals surface area contributed by atoms with Crippen molar-refractivity contribution in [1.29, 1.82) is 0 Å². The van der Waals surface area contributed by atoms with Crippen molar-refractivity contribution in [3.05, 3.63) is 88.9 Å². The van der Waals surface area contributed by atoms with Crippen molar-refractivity contribution >= 4 is 44.9 Å². The molecule has 0 radical (unpaired) electrons. The van der Waals surface area contributed by atoms with Crippen LogP contribution in [0.4, 0.5) is 11.4 Å².